The average Bonchev–Trinajstić information content (AvgIpc) is 1.77. The van der Waals surface area contributed by atoms with Crippen LogP contribution >= 0.6 is 0 Å². The number of halogens is 2. The summed E-state index contributed by atoms with van der Waals surface area (Å²) >= 11 is 0. The zero-order valence-corrected chi connectivity index (χ0v) is 6.69. The summed E-state index contributed by atoms with van der Waals surface area (Å²) in [6.07, 6.45) is -3.02. The molecular weight excluding hydrogens is 154 g/mol. The Kier molecular flexibility index (Phi) is 2.16. The third-order valence-corrected chi connectivity index (χ3v) is 1.58. The van der Waals surface area contributed by atoms with E-state index in [0.29, 0.717) is 13.2 Å². The Morgan fingerprint density at radius 3 is 2.36 bits per heavy atom. The zero-order valence-electron chi connectivity index (χ0n) is 6.69. The molecule has 11 heavy (non-hydrogen) atoms. The highest BCUT2D eigenvalue weighted by molar-refractivity contribution is 4.80. The Balaban J connectivity index is 2.21. The Labute approximate surface area is 64.5 Å². The second kappa shape index (κ2) is 2.68. The van der Waals surface area contributed by atoms with E-state index >= 15 is 0 Å². The molecule has 2 nitrogen and oxygen atoms in total. The van der Waals surface area contributed by atoms with Crippen molar-refractivity contribution >= 4 is 0 Å². The van der Waals surface area contributed by atoms with Gasteiger partial charge in [-0.3, -0.25) is 0 Å². The van der Waals surface area contributed by atoms with E-state index in [2.05, 4.69) is 4.74 Å². The molecule has 1 saturated heterocycles. The molecule has 66 valence electrons. The first-order valence-corrected chi connectivity index (χ1v) is 3.51. The molecule has 0 bridgehead atoms. The van der Waals surface area contributed by atoms with Crippen molar-refractivity contribution in [1.82, 2.24) is 0 Å². The minimum Gasteiger partial charge on any atom is -0.380 e. The lowest BCUT2D eigenvalue weighted by atomic mass is 9.90. The molecule has 0 aliphatic carbocycles. The summed E-state index contributed by atoms with van der Waals surface area (Å²) in [7, 11) is 0. The van der Waals surface area contributed by atoms with Gasteiger partial charge < -0.3 is 9.47 Å². The lowest BCUT2D eigenvalue weighted by molar-refractivity contribution is -0.259. The fourth-order valence-electron chi connectivity index (χ4n) is 0.835. The summed E-state index contributed by atoms with van der Waals surface area (Å²) in [5.41, 5.74) is -0.195. The van der Waals surface area contributed by atoms with E-state index in [1.54, 1.807) is 0 Å². The normalized spacial score (nSPS) is 22.9. The highest BCUT2D eigenvalue weighted by atomic mass is 19.3. The molecular formula is C7H12F2O2. The second-order valence-electron chi connectivity index (χ2n) is 3.40. The first kappa shape index (κ1) is 8.87. The van der Waals surface area contributed by atoms with Crippen molar-refractivity contribution in [1.29, 1.82) is 0 Å². The van der Waals surface area contributed by atoms with Crippen LogP contribution in [0.5, 0.6) is 0 Å². The number of hydrogen-bond donors (Lipinski definition) is 0. The average molecular weight is 166 g/mol. The van der Waals surface area contributed by atoms with Crippen LogP contribution in [0.4, 0.5) is 8.78 Å². The van der Waals surface area contributed by atoms with Gasteiger partial charge in [0, 0.05) is 12.3 Å². The van der Waals surface area contributed by atoms with Crippen molar-refractivity contribution < 1.29 is 18.3 Å². The largest absolute Gasteiger partial charge is 0.380 e. The summed E-state index contributed by atoms with van der Waals surface area (Å²) in [6.45, 7) is 3.71. The molecule has 0 radical (unpaired) electrons. The van der Waals surface area contributed by atoms with Crippen molar-refractivity contribution in [3.05, 3.63) is 0 Å². The van der Waals surface area contributed by atoms with Crippen LogP contribution in [0.1, 0.15) is 13.8 Å². The summed E-state index contributed by atoms with van der Waals surface area (Å²) in [5.74, 6) is 0. The minimum atomic E-state index is -3.02. The molecule has 0 aromatic heterocycles. The Hall–Kier alpha value is -0.220. The van der Waals surface area contributed by atoms with Gasteiger partial charge in [0.2, 0.25) is 0 Å². The third kappa shape index (κ3) is 2.71. The van der Waals surface area contributed by atoms with Crippen molar-refractivity contribution in [3.8, 4) is 0 Å². The van der Waals surface area contributed by atoms with E-state index in [0.717, 1.165) is 6.92 Å². The lowest BCUT2D eigenvalue weighted by Crippen LogP contribution is -2.44. The molecule has 1 aliphatic heterocycles. The standard InChI is InChI=1S/C7H12F2O2/c1-6(3-10-4-6)5-11-7(2,8)9/h3-5H2,1-2H3. The van der Waals surface area contributed by atoms with Gasteiger partial charge in [-0.15, -0.1) is 0 Å². The van der Waals surface area contributed by atoms with Crippen molar-refractivity contribution in [3.63, 3.8) is 0 Å². The number of rotatable bonds is 3. The molecule has 0 saturated carbocycles. The zero-order chi connectivity index (χ0) is 8.54. The minimum absolute atomic E-state index is 0.0660. The van der Waals surface area contributed by atoms with Crippen LogP contribution in [0.3, 0.4) is 0 Å². The number of ether oxygens (including phenoxy) is 2. The van der Waals surface area contributed by atoms with Gasteiger partial charge >= 0.3 is 6.11 Å². The summed E-state index contributed by atoms with van der Waals surface area (Å²) in [4.78, 5) is 0. The molecule has 4 heteroatoms. The van der Waals surface area contributed by atoms with Crippen molar-refractivity contribution in [2.45, 2.75) is 20.0 Å². The van der Waals surface area contributed by atoms with Gasteiger partial charge in [-0.1, -0.05) is 6.92 Å². The molecule has 0 N–H and O–H groups in total. The molecule has 0 aromatic carbocycles. The maximum atomic E-state index is 12.2. The predicted molar refractivity (Wildman–Crippen MR) is 35.5 cm³/mol. The molecule has 0 unspecified atom stereocenters. The molecule has 0 amide bonds. The third-order valence-electron chi connectivity index (χ3n) is 1.58. The van der Waals surface area contributed by atoms with Gasteiger partial charge in [0.05, 0.1) is 19.8 Å². The van der Waals surface area contributed by atoms with Crippen LogP contribution in [0, 0.1) is 5.41 Å². The topological polar surface area (TPSA) is 18.5 Å². The maximum absolute atomic E-state index is 12.2. The van der Waals surface area contributed by atoms with E-state index in [1.165, 1.54) is 0 Å². The lowest BCUT2D eigenvalue weighted by Gasteiger charge is -2.38. The second-order valence-corrected chi connectivity index (χ2v) is 3.40. The summed E-state index contributed by atoms with van der Waals surface area (Å²) in [6, 6.07) is 0. The Morgan fingerprint density at radius 2 is 2.09 bits per heavy atom. The summed E-state index contributed by atoms with van der Waals surface area (Å²) < 4.78 is 33.5. The van der Waals surface area contributed by atoms with E-state index in [1.807, 2.05) is 6.92 Å². The van der Waals surface area contributed by atoms with E-state index in [-0.39, 0.29) is 12.0 Å². The SMILES string of the molecule is CC1(COC(C)(F)F)COC1. The number of alkyl halides is 2. The van der Waals surface area contributed by atoms with Gasteiger partial charge in [-0.2, -0.15) is 8.78 Å². The highest BCUT2D eigenvalue weighted by Gasteiger charge is 2.36. The van der Waals surface area contributed by atoms with Gasteiger partial charge in [0.1, 0.15) is 0 Å². The molecule has 1 fully saturated rings. The van der Waals surface area contributed by atoms with E-state index < -0.39 is 6.11 Å². The molecule has 0 atom stereocenters. The first-order valence-electron chi connectivity index (χ1n) is 3.51. The Morgan fingerprint density at radius 1 is 1.55 bits per heavy atom. The first-order chi connectivity index (χ1) is 4.91. The van der Waals surface area contributed by atoms with Gasteiger partial charge in [0.15, 0.2) is 0 Å². The smallest absolute Gasteiger partial charge is 0.352 e. The van der Waals surface area contributed by atoms with Crippen LogP contribution in [0.25, 0.3) is 0 Å². The van der Waals surface area contributed by atoms with Gasteiger partial charge in [0.25, 0.3) is 0 Å². The predicted octanol–water partition coefficient (Wildman–Crippen LogP) is 1.65. The fourth-order valence-corrected chi connectivity index (χ4v) is 0.835. The summed E-state index contributed by atoms with van der Waals surface area (Å²) in [5, 5.41) is 0. The fraction of sp³-hybridized carbons (Fsp3) is 1.00. The maximum Gasteiger partial charge on any atom is 0.352 e. The van der Waals surface area contributed by atoms with E-state index in [9.17, 15) is 8.78 Å². The van der Waals surface area contributed by atoms with Crippen LogP contribution < -0.4 is 0 Å². The number of hydrogen-bond acceptors (Lipinski definition) is 2. The Bertz CT molecular complexity index is 138. The van der Waals surface area contributed by atoms with Crippen molar-refractivity contribution in [2.75, 3.05) is 19.8 Å². The molecule has 0 aromatic rings. The van der Waals surface area contributed by atoms with Crippen LogP contribution in [0.15, 0.2) is 0 Å². The van der Waals surface area contributed by atoms with Crippen LogP contribution in [0.2, 0.25) is 0 Å². The molecule has 0 spiro atoms. The van der Waals surface area contributed by atoms with Crippen LogP contribution in [-0.2, 0) is 9.47 Å². The highest BCUT2D eigenvalue weighted by Crippen LogP contribution is 2.29. The van der Waals surface area contributed by atoms with Crippen LogP contribution in [-0.4, -0.2) is 25.9 Å². The molecule has 1 heterocycles. The van der Waals surface area contributed by atoms with Crippen molar-refractivity contribution in [2.24, 2.45) is 5.41 Å². The quantitative estimate of drug-likeness (QED) is 0.634. The molecule has 1 rings (SSSR count). The molecule has 1 aliphatic rings. The van der Waals surface area contributed by atoms with E-state index in [4.69, 9.17) is 4.74 Å². The van der Waals surface area contributed by atoms with Gasteiger partial charge in [-0.05, 0) is 0 Å². The monoisotopic (exact) mass is 166 g/mol. The van der Waals surface area contributed by atoms with Gasteiger partial charge in [-0.25, -0.2) is 0 Å².